The van der Waals surface area contributed by atoms with E-state index in [2.05, 4.69) is 11.6 Å². The van der Waals surface area contributed by atoms with E-state index in [-0.39, 0.29) is 37.0 Å². The number of halogens is 15. The normalized spacial score (nSPS) is 30.5. The highest BCUT2D eigenvalue weighted by atomic mass is 35.5. The molecule has 0 saturated heterocycles. The lowest BCUT2D eigenvalue weighted by Crippen LogP contribution is -2.74. The molecule has 0 spiro atoms. The molecule has 0 aromatic rings. The van der Waals surface area contributed by atoms with Crippen molar-refractivity contribution >= 4 is 17.5 Å². The Labute approximate surface area is 192 Å². The molecule has 1 amide bonds. The molecular formula is C18H16ClF14NO. The lowest BCUT2D eigenvalue weighted by atomic mass is 9.53. The van der Waals surface area contributed by atoms with Crippen LogP contribution in [0.15, 0.2) is 0 Å². The van der Waals surface area contributed by atoms with Crippen LogP contribution in [-0.4, -0.2) is 52.4 Å². The Balaban J connectivity index is 1.93. The SMILES string of the molecule is O=C(NC12CC3CC(CC(C3)C1)C2)C(F)(F)C(F)(F)C(F)(F)C(F)(F)C(F)(F)C(F)(F)C(F)(F)Cl. The molecule has 4 fully saturated rings. The molecule has 4 rings (SSSR count). The summed E-state index contributed by atoms with van der Waals surface area (Å²) in [5.74, 6) is -50.3. The zero-order valence-corrected chi connectivity index (χ0v) is 17.8. The third-order valence-corrected chi connectivity index (χ3v) is 7.27. The van der Waals surface area contributed by atoms with Crippen molar-refractivity contribution in [3.8, 4) is 0 Å². The average molecular weight is 564 g/mol. The van der Waals surface area contributed by atoms with E-state index < -0.39 is 52.4 Å². The fraction of sp³-hybridized carbons (Fsp3) is 0.944. The number of amides is 1. The molecule has 1 N–H and O–H groups in total. The van der Waals surface area contributed by atoms with Crippen molar-refractivity contribution in [3.63, 3.8) is 0 Å². The van der Waals surface area contributed by atoms with Crippen LogP contribution in [-0.2, 0) is 4.79 Å². The quantitative estimate of drug-likeness (QED) is 0.258. The molecule has 0 aliphatic heterocycles. The Bertz CT molecular complexity index is 832. The van der Waals surface area contributed by atoms with Crippen LogP contribution >= 0.6 is 11.6 Å². The molecule has 0 unspecified atom stereocenters. The first kappa shape index (κ1) is 28.4. The minimum atomic E-state index is -8.24. The van der Waals surface area contributed by atoms with Gasteiger partial charge in [-0.05, 0) is 67.9 Å². The van der Waals surface area contributed by atoms with Gasteiger partial charge in [-0.25, -0.2) is 0 Å². The van der Waals surface area contributed by atoms with Gasteiger partial charge in [0, 0.05) is 5.54 Å². The second kappa shape index (κ2) is 7.65. The van der Waals surface area contributed by atoms with Crippen molar-refractivity contribution in [2.75, 3.05) is 0 Å². The van der Waals surface area contributed by atoms with Crippen molar-refractivity contribution in [2.45, 2.75) is 85.0 Å². The van der Waals surface area contributed by atoms with Crippen molar-refractivity contribution < 1.29 is 66.3 Å². The van der Waals surface area contributed by atoms with Crippen LogP contribution in [0.4, 0.5) is 61.5 Å². The third-order valence-electron chi connectivity index (χ3n) is 7.03. The summed E-state index contributed by atoms with van der Waals surface area (Å²) in [7, 11) is 0. The second-order valence-electron chi connectivity index (χ2n) is 9.60. The van der Waals surface area contributed by atoms with Crippen LogP contribution in [0.25, 0.3) is 0 Å². The maximum Gasteiger partial charge on any atom is 0.393 e. The molecule has 0 aromatic heterocycles. The summed E-state index contributed by atoms with van der Waals surface area (Å²) in [4.78, 5) is 12.0. The summed E-state index contributed by atoms with van der Waals surface area (Å²) < 4.78 is 190. The van der Waals surface area contributed by atoms with Crippen LogP contribution in [0.5, 0.6) is 0 Å². The first-order valence-electron chi connectivity index (χ1n) is 10.0. The monoisotopic (exact) mass is 563 g/mol. The minimum Gasteiger partial charge on any atom is -0.345 e. The zero-order chi connectivity index (χ0) is 27.3. The number of nitrogens with one attached hydrogen (secondary N) is 1. The summed E-state index contributed by atoms with van der Waals surface area (Å²) in [6.07, 6.45) is 1.82. The maximum absolute atomic E-state index is 14.2. The van der Waals surface area contributed by atoms with E-state index in [0.717, 1.165) is 0 Å². The Morgan fingerprint density at radius 2 is 0.914 bits per heavy atom. The van der Waals surface area contributed by atoms with Crippen LogP contribution in [0.2, 0.25) is 0 Å². The topological polar surface area (TPSA) is 29.1 Å². The number of hydrogen-bond donors (Lipinski definition) is 1. The molecule has 0 radical (unpaired) electrons. The van der Waals surface area contributed by atoms with Crippen molar-refractivity contribution in [3.05, 3.63) is 0 Å². The minimum absolute atomic E-state index is 0.0188. The van der Waals surface area contributed by atoms with Gasteiger partial charge in [-0.2, -0.15) is 61.5 Å². The third kappa shape index (κ3) is 3.77. The largest absolute Gasteiger partial charge is 0.393 e. The predicted octanol–water partition coefficient (Wildman–Crippen LogP) is 6.71. The Morgan fingerprint density at radius 1 is 0.600 bits per heavy atom. The molecule has 0 heterocycles. The number of carbonyl (C=O) groups excluding carboxylic acids is 1. The smallest absolute Gasteiger partial charge is 0.345 e. The number of rotatable bonds is 8. The van der Waals surface area contributed by atoms with Gasteiger partial charge in [-0.1, -0.05) is 0 Å². The zero-order valence-electron chi connectivity index (χ0n) is 17.1. The van der Waals surface area contributed by atoms with Gasteiger partial charge < -0.3 is 5.32 Å². The predicted molar refractivity (Wildman–Crippen MR) is 89.5 cm³/mol. The molecule has 204 valence electrons. The number of carbonyl (C=O) groups is 1. The fourth-order valence-corrected chi connectivity index (χ4v) is 5.81. The van der Waals surface area contributed by atoms with E-state index in [1.807, 2.05) is 0 Å². The first-order valence-corrected chi connectivity index (χ1v) is 10.4. The lowest BCUT2D eigenvalue weighted by molar-refractivity contribution is -0.431. The maximum atomic E-state index is 14.2. The molecule has 0 atom stereocenters. The first-order chi connectivity index (χ1) is 15.4. The Kier molecular flexibility index (Phi) is 6.20. The van der Waals surface area contributed by atoms with Gasteiger partial charge in [0.1, 0.15) is 0 Å². The summed E-state index contributed by atoms with van der Waals surface area (Å²) in [6, 6.07) is 0. The molecular weight excluding hydrogens is 548 g/mol. The highest BCUT2D eigenvalue weighted by Gasteiger charge is 2.93. The Morgan fingerprint density at radius 3 is 1.26 bits per heavy atom. The van der Waals surface area contributed by atoms with Gasteiger partial charge in [0.25, 0.3) is 5.91 Å². The highest BCUT2D eigenvalue weighted by molar-refractivity contribution is 6.22. The Hall–Kier alpha value is -1.22. The van der Waals surface area contributed by atoms with E-state index in [1.54, 1.807) is 0 Å². The molecule has 4 saturated carbocycles. The van der Waals surface area contributed by atoms with Gasteiger partial charge in [0.15, 0.2) is 0 Å². The summed E-state index contributed by atoms with van der Waals surface area (Å²) >= 11 is 3.55. The number of hydrogen-bond acceptors (Lipinski definition) is 1. The van der Waals surface area contributed by atoms with Crippen LogP contribution in [0.3, 0.4) is 0 Å². The second-order valence-corrected chi connectivity index (χ2v) is 10.1. The van der Waals surface area contributed by atoms with Gasteiger partial charge in [-0.15, -0.1) is 0 Å². The molecule has 17 heteroatoms. The van der Waals surface area contributed by atoms with E-state index in [9.17, 15) is 66.3 Å². The highest BCUT2D eigenvalue weighted by Crippen LogP contribution is 2.63. The van der Waals surface area contributed by atoms with Crippen LogP contribution in [0, 0.1) is 17.8 Å². The lowest BCUT2D eigenvalue weighted by Gasteiger charge is -2.57. The van der Waals surface area contributed by atoms with Gasteiger partial charge in [0.05, 0.1) is 0 Å². The average Bonchev–Trinajstić information content (AvgIpc) is 2.64. The van der Waals surface area contributed by atoms with Crippen LogP contribution in [0.1, 0.15) is 38.5 Å². The van der Waals surface area contributed by atoms with E-state index >= 15 is 0 Å². The molecule has 4 bridgehead atoms. The van der Waals surface area contributed by atoms with E-state index in [4.69, 9.17) is 0 Å². The van der Waals surface area contributed by atoms with Crippen molar-refractivity contribution in [2.24, 2.45) is 17.8 Å². The van der Waals surface area contributed by atoms with Crippen molar-refractivity contribution in [1.82, 2.24) is 5.32 Å². The standard InChI is InChI=1S/C18H16ClF14NO/c19-18(32,33)17(30,31)16(28,29)15(26,27)14(24,25)13(22,23)12(20,21)10(35)34-11-4-7-1-8(5-11)3-9(2-7)6-11/h7-9H,1-6H2,(H,34,35). The molecule has 0 aromatic carbocycles. The van der Waals surface area contributed by atoms with Gasteiger partial charge >= 0.3 is 40.9 Å². The molecule has 35 heavy (non-hydrogen) atoms. The molecule has 4 aliphatic carbocycles. The van der Waals surface area contributed by atoms with Crippen LogP contribution < -0.4 is 5.32 Å². The fourth-order valence-electron chi connectivity index (χ4n) is 5.69. The van der Waals surface area contributed by atoms with E-state index in [1.165, 1.54) is 5.32 Å². The summed E-state index contributed by atoms with van der Waals surface area (Å²) in [5, 5.41) is -5.23. The molecule has 4 aliphatic rings. The summed E-state index contributed by atoms with van der Waals surface area (Å²) in [5.41, 5.74) is -1.57. The number of alkyl halides is 15. The van der Waals surface area contributed by atoms with E-state index in [0.29, 0.717) is 19.3 Å². The molecule has 2 nitrogen and oxygen atoms in total. The summed E-state index contributed by atoms with van der Waals surface area (Å²) in [6.45, 7) is 0. The van der Waals surface area contributed by atoms with Gasteiger partial charge in [-0.3, -0.25) is 4.79 Å². The van der Waals surface area contributed by atoms with Gasteiger partial charge in [0.2, 0.25) is 0 Å². The van der Waals surface area contributed by atoms with Crippen molar-refractivity contribution in [1.29, 1.82) is 0 Å².